The van der Waals surface area contributed by atoms with Crippen LogP contribution in [0.2, 0.25) is 0 Å². The van der Waals surface area contributed by atoms with Crippen molar-refractivity contribution in [1.82, 2.24) is 25.6 Å². The van der Waals surface area contributed by atoms with Crippen LogP contribution in [0.25, 0.3) is 0 Å². The van der Waals surface area contributed by atoms with E-state index < -0.39 is 0 Å². The first-order chi connectivity index (χ1) is 11.2. The molecule has 0 aromatic carbocycles. The molecule has 0 aliphatic heterocycles. The lowest BCUT2D eigenvalue weighted by Gasteiger charge is -2.12. The molecule has 0 saturated carbocycles. The predicted octanol–water partition coefficient (Wildman–Crippen LogP) is 2.23. The van der Waals surface area contributed by atoms with E-state index in [2.05, 4.69) is 32.5 Å². The molecule has 2 aromatic rings. The molecule has 2 rings (SSSR count). The van der Waals surface area contributed by atoms with E-state index in [0.29, 0.717) is 6.54 Å². The molecule has 0 aliphatic carbocycles. The molecule has 0 saturated heterocycles. The van der Waals surface area contributed by atoms with Gasteiger partial charge in [-0.15, -0.1) is 29.1 Å². The van der Waals surface area contributed by atoms with Gasteiger partial charge in [-0.2, -0.15) is 0 Å². The van der Waals surface area contributed by atoms with Crippen molar-refractivity contribution in [1.29, 1.82) is 0 Å². The maximum absolute atomic E-state index is 5.32. The maximum Gasteiger partial charge on any atom is 0.191 e. The van der Waals surface area contributed by atoms with Crippen LogP contribution < -0.4 is 10.6 Å². The minimum atomic E-state index is 0. The van der Waals surface area contributed by atoms with Crippen LogP contribution in [0, 0.1) is 0 Å². The van der Waals surface area contributed by atoms with Gasteiger partial charge in [0, 0.05) is 32.3 Å². The number of hydrogen-bond acceptors (Lipinski definition) is 4. The van der Waals surface area contributed by atoms with E-state index >= 15 is 0 Å². The van der Waals surface area contributed by atoms with Crippen molar-refractivity contribution in [2.75, 3.05) is 19.6 Å². The van der Waals surface area contributed by atoms with E-state index in [9.17, 15) is 0 Å². The molecule has 0 spiro atoms. The topological polar surface area (TPSA) is 80.3 Å². The summed E-state index contributed by atoms with van der Waals surface area (Å²) in [4.78, 5) is 4.51. The molecule has 132 valence electrons. The molecule has 2 aromatic heterocycles. The highest BCUT2D eigenvalue weighted by atomic mass is 127. The largest absolute Gasteiger partial charge is 0.469 e. The van der Waals surface area contributed by atoms with E-state index in [1.807, 2.05) is 29.9 Å². The smallest absolute Gasteiger partial charge is 0.191 e. The van der Waals surface area contributed by atoms with Gasteiger partial charge in [0.05, 0.1) is 19.0 Å². The van der Waals surface area contributed by atoms with Crippen LogP contribution in [0.1, 0.15) is 19.1 Å². The molecular weight excluding hydrogens is 419 g/mol. The first-order valence-electron chi connectivity index (χ1n) is 7.77. The zero-order valence-electron chi connectivity index (χ0n) is 13.9. The van der Waals surface area contributed by atoms with Gasteiger partial charge in [-0.25, -0.2) is 4.99 Å². The molecule has 0 amide bonds. The van der Waals surface area contributed by atoms with Crippen LogP contribution in [0.4, 0.5) is 0 Å². The van der Waals surface area contributed by atoms with Gasteiger partial charge in [-0.3, -0.25) is 4.68 Å². The van der Waals surface area contributed by atoms with Gasteiger partial charge in [0.2, 0.25) is 0 Å². The van der Waals surface area contributed by atoms with Crippen LogP contribution >= 0.6 is 24.0 Å². The second-order valence-electron chi connectivity index (χ2n) is 5.32. The summed E-state index contributed by atoms with van der Waals surface area (Å²) in [6.07, 6.45) is 6.99. The molecule has 8 heteroatoms. The molecule has 0 aliphatic rings. The second-order valence-corrected chi connectivity index (χ2v) is 5.32. The number of nitrogens with zero attached hydrogens (tertiary/aromatic N) is 4. The lowest BCUT2D eigenvalue weighted by atomic mass is 10.3. The number of aromatic nitrogens is 3. The van der Waals surface area contributed by atoms with Crippen LogP contribution in [0.5, 0.6) is 0 Å². The standard InChI is InChI=1S/C16H24N6O.HI/c1-14(2)13-19-16(18-8-6-15-5-3-12-23-15)17-7-4-10-22-11-9-20-21-22;/h3,5,9,11-12H,1,4,6-8,10,13H2,2H3,(H2,17,18,19);1H. The van der Waals surface area contributed by atoms with Crippen LogP contribution in [-0.2, 0) is 13.0 Å². The van der Waals surface area contributed by atoms with E-state index in [4.69, 9.17) is 4.42 Å². The van der Waals surface area contributed by atoms with Crippen LogP contribution in [0.3, 0.4) is 0 Å². The Morgan fingerprint density at radius 3 is 2.88 bits per heavy atom. The summed E-state index contributed by atoms with van der Waals surface area (Å²) in [6, 6.07) is 3.87. The van der Waals surface area contributed by atoms with Crippen LogP contribution in [-0.4, -0.2) is 40.6 Å². The Kier molecular flexibility index (Phi) is 9.81. The molecule has 0 atom stereocenters. The summed E-state index contributed by atoms with van der Waals surface area (Å²) in [5.41, 5.74) is 1.03. The van der Waals surface area contributed by atoms with Gasteiger partial charge in [0.1, 0.15) is 5.76 Å². The van der Waals surface area contributed by atoms with Crippen molar-refractivity contribution in [2.24, 2.45) is 4.99 Å². The summed E-state index contributed by atoms with van der Waals surface area (Å²) in [5.74, 6) is 1.75. The molecule has 2 heterocycles. The fraction of sp³-hybridized carbons (Fsp3) is 0.438. The number of aliphatic imine (C=N–C) groups is 1. The van der Waals surface area contributed by atoms with Gasteiger partial charge in [0.25, 0.3) is 0 Å². The zero-order valence-corrected chi connectivity index (χ0v) is 16.3. The number of nitrogens with one attached hydrogen (secondary N) is 2. The van der Waals surface area contributed by atoms with Gasteiger partial charge in [0.15, 0.2) is 5.96 Å². The van der Waals surface area contributed by atoms with Gasteiger partial charge >= 0.3 is 0 Å². The highest BCUT2D eigenvalue weighted by molar-refractivity contribution is 14.0. The zero-order chi connectivity index (χ0) is 16.3. The summed E-state index contributed by atoms with van der Waals surface area (Å²) in [7, 11) is 0. The van der Waals surface area contributed by atoms with Gasteiger partial charge < -0.3 is 15.1 Å². The summed E-state index contributed by atoms with van der Waals surface area (Å²) >= 11 is 0. The summed E-state index contributed by atoms with van der Waals surface area (Å²) in [6.45, 7) is 8.86. The quantitative estimate of drug-likeness (QED) is 0.204. The van der Waals surface area contributed by atoms with Crippen LogP contribution in [0.15, 0.2) is 52.4 Å². The Morgan fingerprint density at radius 1 is 1.38 bits per heavy atom. The number of hydrogen-bond donors (Lipinski definition) is 2. The average Bonchev–Trinajstić information content (AvgIpc) is 3.21. The first kappa shape index (κ1) is 20.2. The molecule has 0 unspecified atom stereocenters. The average molecular weight is 444 g/mol. The fourth-order valence-corrected chi connectivity index (χ4v) is 1.95. The van der Waals surface area contributed by atoms with Crippen molar-refractivity contribution in [3.05, 3.63) is 48.7 Å². The lowest BCUT2D eigenvalue weighted by molar-refractivity contribution is 0.506. The Balaban J connectivity index is 0.00000288. The van der Waals surface area contributed by atoms with E-state index in [0.717, 1.165) is 49.8 Å². The maximum atomic E-state index is 5.32. The third-order valence-corrected chi connectivity index (χ3v) is 3.08. The SMILES string of the molecule is C=C(C)CN=C(NCCCn1ccnn1)NCCc1ccco1.I. The van der Waals surface area contributed by atoms with Crippen molar-refractivity contribution in [2.45, 2.75) is 26.3 Å². The van der Waals surface area contributed by atoms with Crippen molar-refractivity contribution < 1.29 is 4.42 Å². The van der Waals surface area contributed by atoms with Crippen molar-refractivity contribution >= 4 is 29.9 Å². The van der Waals surface area contributed by atoms with Crippen molar-refractivity contribution in [3.63, 3.8) is 0 Å². The second kappa shape index (κ2) is 11.7. The first-order valence-corrected chi connectivity index (χ1v) is 7.77. The number of rotatable bonds is 9. The van der Waals surface area contributed by atoms with Gasteiger partial charge in [-0.1, -0.05) is 17.4 Å². The predicted molar refractivity (Wildman–Crippen MR) is 106 cm³/mol. The summed E-state index contributed by atoms with van der Waals surface area (Å²) < 4.78 is 7.14. The Bertz CT molecular complexity index is 594. The number of aryl methyl sites for hydroxylation is 1. The fourth-order valence-electron chi connectivity index (χ4n) is 1.95. The molecule has 0 bridgehead atoms. The Morgan fingerprint density at radius 2 is 2.21 bits per heavy atom. The molecule has 2 N–H and O–H groups in total. The van der Waals surface area contributed by atoms with E-state index in [1.54, 1.807) is 12.5 Å². The third kappa shape index (κ3) is 8.14. The molecule has 24 heavy (non-hydrogen) atoms. The third-order valence-electron chi connectivity index (χ3n) is 3.08. The molecule has 0 radical (unpaired) electrons. The van der Waals surface area contributed by atoms with E-state index in [1.165, 1.54) is 0 Å². The minimum Gasteiger partial charge on any atom is -0.469 e. The molecule has 7 nitrogen and oxygen atoms in total. The normalized spacial score (nSPS) is 11.0. The summed E-state index contributed by atoms with van der Waals surface area (Å²) in [5, 5.41) is 14.4. The lowest BCUT2D eigenvalue weighted by Crippen LogP contribution is -2.39. The molecule has 0 fully saturated rings. The number of halogens is 1. The van der Waals surface area contributed by atoms with E-state index in [-0.39, 0.29) is 24.0 Å². The highest BCUT2D eigenvalue weighted by Gasteiger charge is 2.00. The monoisotopic (exact) mass is 444 g/mol. The van der Waals surface area contributed by atoms with Gasteiger partial charge in [-0.05, 0) is 25.5 Å². The Hall–Kier alpha value is -1.84. The number of furan rings is 1. The Labute approximate surface area is 159 Å². The van der Waals surface area contributed by atoms with Crippen molar-refractivity contribution in [3.8, 4) is 0 Å². The highest BCUT2D eigenvalue weighted by Crippen LogP contribution is 1.99. The number of guanidine groups is 1. The molecular formula is C16H25IN6O. The minimum absolute atomic E-state index is 0.